The number of rotatable bonds is 3. The van der Waals surface area contributed by atoms with Gasteiger partial charge in [0, 0.05) is 23.5 Å². The minimum Gasteiger partial charge on any atom is -0.466 e. The van der Waals surface area contributed by atoms with Gasteiger partial charge >= 0.3 is 5.97 Å². The van der Waals surface area contributed by atoms with E-state index in [0.717, 1.165) is 4.47 Å². The van der Waals surface area contributed by atoms with Gasteiger partial charge in [-0.15, -0.1) is 0 Å². The lowest BCUT2D eigenvalue weighted by molar-refractivity contribution is -0.147. The lowest BCUT2D eigenvalue weighted by Gasteiger charge is -2.18. The van der Waals surface area contributed by atoms with Crippen molar-refractivity contribution in [2.24, 2.45) is 5.92 Å². The van der Waals surface area contributed by atoms with E-state index in [-0.39, 0.29) is 23.6 Å². The molecule has 0 aromatic heterocycles. The molecule has 5 heteroatoms. The second kappa shape index (κ2) is 5.80. The van der Waals surface area contributed by atoms with Gasteiger partial charge in [-0.05, 0) is 30.7 Å². The van der Waals surface area contributed by atoms with E-state index < -0.39 is 0 Å². The first-order valence-corrected chi connectivity index (χ1v) is 6.75. The topological polar surface area (TPSA) is 38.3 Å². The second-order valence-corrected chi connectivity index (χ2v) is 5.20. The summed E-state index contributed by atoms with van der Waals surface area (Å²) in [6.45, 7) is 3.25. The van der Waals surface area contributed by atoms with E-state index in [1.54, 1.807) is 19.1 Å². The van der Waals surface area contributed by atoms with E-state index in [4.69, 9.17) is 4.74 Å². The minimum absolute atomic E-state index is 0.165. The fourth-order valence-electron chi connectivity index (χ4n) is 2.30. The first kappa shape index (κ1) is 13.5. The van der Waals surface area contributed by atoms with Crippen LogP contribution in [0.25, 0.3) is 0 Å². The zero-order valence-electron chi connectivity index (χ0n) is 10.1. The smallest absolute Gasteiger partial charge is 0.310 e. The van der Waals surface area contributed by atoms with E-state index in [1.807, 2.05) is 0 Å². The van der Waals surface area contributed by atoms with Crippen LogP contribution in [-0.2, 0) is 9.53 Å². The molecule has 98 valence electrons. The molecule has 0 spiro atoms. The Morgan fingerprint density at radius 2 is 2.33 bits per heavy atom. The third-order valence-corrected chi connectivity index (χ3v) is 3.65. The molecule has 1 saturated heterocycles. The maximum absolute atomic E-state index is 13.8. The summed E-state index contributed by atoms with van der Waals surface area (Å²) in [6, 6.07) is 4.81. The van der Waals surface area contributed by atoms with Crippen LogP contribution in [0.1, 0.15) is 18.4 Å². The van der Waals surface area contributed by atoms with Gasteiger partial charge in [0.25, 0.3) is 0 Å². The largest absolute Gasteiger partial charge is 0.466 e. The number of hydrogen-bond acceptors (Lipinski definition) is 3. The van der Waals surface area contributed by atoms with Gasteiger partial charge < -0.3 is 10.1 Å². The van der Waals surface area contributed by atoms with Crippen LogP contribution in [0.15, 0.2) is 22.7 Å². The Balaban J connectivity index is 2.25. The van der Waals surface area contributed by atoms with Crippen molar-refractivity contribution in [2.45, 2.75) is 12.8 Å². The molecule has 1 aromatic rings. The summed E-state index contributed by atoms with van der Waals surface area (Å²) in [4.78, 5) is 11.8. The summed E-state index contributed by atoms with van der Waals surface area (Å²) in [5.41, 5.74) is 0.562. The third-order valence-electron chi connectivity index (χ3n) is 3.16. The van der Waals surface area contributed by atoms with E-state index in [2.05, 4.69) is 21.2 Å². The van der Waals surface area contributed by atoms with E-state index >= 15 is 0 Å². The highest BCUT2D eigenvalue weighted by Crippen LogP contribution is 2.32. The number of nitrogens with one attached hydrogen (secondary N) is 1. The number of hydrogen-bond donors (Lipinski definition) is 1. The van der Waals surface area contributed by atoms with Crippen LogP contribution in [-0.4, -0.2) is 25.7 Å². The first-order valence-electron chi connectivity index (χ1n) is 5.95. The van der Waals surface area contributed by atoms with Crippen molar-refractivity contribution in [3.05, 3.63) is 34.1 Å². The van der Waals surface area contributed by atoms with Gasteiger partial charge in [0.15, 0.2) is 0 Å². The highest BCUT2D eigenvalue weighted by Gasteiger charge is 2.36. The summed E-state index contributed by atoms with van der Waals surface area (Å²) in [5.74, 6) is -1.01. The molecule has 1 fully saturated rings. The molecule has 1 N–H and O–H groups in total. The molecule has 0 radical (unpaired) electrons. The predicted molar refractivity (Wildman–Crippen MR) is 69.8 cm³/mol. The predicted octanol–water partition coefficient (Wildman–Crippen LogP) is 2.45. The second-order valence-electron chi connectivity index (χ2n) is 4.29. The van der Waals surface area contributed by atoms with Crippen molar-refractivity contribution in [3.8, 4) is 0 Å². The molecule has 0 bridgehead atoms. The Hall–Kier alpha value is -0.940. The summed E-state index contributed by atoms with van der Waals surface area (Å²) < 4.78 is 19.7. The highest BCUT2D eigenvalue weighted by atomic mass is 79.9. The van der Waals surface area contributed by atoms with Crippen LogP contribution in [0.4, 0.5) is 4.39 Å². The molecular weight excluding hydrogens is 301 g/mol. The van der Waals surface area contributed by atoms with Crippen molar-refractivity contribution in [2.75, 3.05) is 19.7 Å². The van der Waals surface area contributed by atoms with Crippen molar-refractivity contribution < 1.29 is 13.9 Å². The minimum atomic E-state index is -0.311. The van der Waals surface area contributed by atoms with Gasteiger partial charge in [0.05, 0.1) is 12.5 Å². The van der Waals surface area contributed by atoms with Crippen LogP contribution < -0.4 is 5.32 Å². The lowest BCUT2D eigenvalue weighted by atomic mass is 9.88. The Bertz CT molecular complexity index is 453. The SMILES string of the molecule is CCOC(=O)C1CNCC1c1cc(Br)ccc1F. The standard InChI is InChI=1S/C13H15BrFNO2/c1-2-18-13(17)11-7-16-6-10(11)9-5-8(14)3-4-12(9)15/h3-5,10-11,16H,2,6-7H2,1H3. The van der Waals surface area contributed by atoms with Crippen LogP contribution in [0.5, 0.6) is 0 Å². The monoisotopic (exact) mass is 315 g/mol. The molecular formula is C13H15BrFNO2. The fraction of sp³-hybridized carbons (Fsp3) is 0.462. The first-order chi connectivity index (χ1) is 8.63. The summed E-state index contributed by atoms with van der Waals surface area (Å²) in [7, 11) is 0. The number of halogens is 2. The van der Waals surface area contributed by atoms with E-state index in [1.165, 1.54) is 6.07 Å². The third kappa shape index (κ3) is 2.72. The lowest BCUT2D eigenvalue weighted by Crippen LogP contribution is -2.24. The molecule has 2 rings (SSSR count). The average Bonchev–Trinajstić information content (AvgIpc) is 2.81. The number of ether oxygens (including phenoxy) is 1. The number of carbonyl (C=O) groups is 1. The summed E-state index contributed by atoms with van der Waals surface area (Å²) in [5, 5.41) is 3.12. The van der Waals surface area contributed by atoms with Crippen LogP contribution in [0.2, 0.25) is 0 Å². The van der Waals surface area contributed by atoms with Crippen LogP contribution in [0, 0.1) is 11.7 Å². The number of carbonyl (C=O) groups excluding carboxylic acids is 1. The van der Waals surface area contributed by atoms with Crippen LogP contribution in [0.3, 0.4) is 0 Å². The summed E-state index contributed by atoms with van der Waals surface area (Å²) >= 11 is 3.33. The number of esters is 1. The van der Waals surface area contributed by atoms with Crippen molar-refractivity contribution in [3.63, 3.8) is 0 Å². The zero-order valence-corrected chi connectivity index (χ0v) is 11.7. The van der Waals surface area contributed by atoms with Gasteiger partial charge in [0.1, 0.15) is 5.82 Å². The van der Waals surface area contributed by atoms with Gasteiger partial charge in [-0.1, -0.05) is 15.9 Å². The number of benzene rings is 1. The van der Waals surface area contributed by atoms with Gasteiger partial charge in [0.2, 0.25) is 0 Å². The van der Waals surface area contributed by atoms with E-state index in [0.29, 0.717) is 25.3 Å². The average molecular weight is 316 g/mol. The molecule has 18 heavy (non-hydrogen) atoms. The van der Waals surface area contributed by atoms with Gasteiger partial charge in [-0.2, -0.15) is 0 Å². The fourth-order valence-corrected chi connectivity index (χ4v) is 2.68. The molecule has 1 aliphatic heterocycles. The normalized spacial score (nSPS) is 23.1. The molecule has 0 amide bonds. The maximum atomic E-state index is 13.8. The molecule has 3 nitrogen and oxygen atoms in total. The van der Waals surface area contributed by atoms with Crippen LogP contribution >= 0.6 is 15.9 Å². The molecule has 1 aromatic carbocycles. The van der Waals surface area contributed by atoms with Gasteiger partial charge in [-0.3, -0.25) is 4.79 Å². The Labute approximate surface area is 114 Å². The zero-order chi connectivity index (χ0) is 13.1. The molecule has 2 atom stereocenters. The summed E-state index contributed by atoms with van der Waals surface area (Å²) in [6.07, 6.45) is 0. The Morgan fingerprint density at radius 3 is 3.06 bits per heavy atom. The quantitative estimate of drug-likeness (QED) is 0.871. The molecule has 2 unspecified atom stereocenters. The van der Waals surface area contributed by atoms with Crippen molar-refractivity contribution in [1.29, 1.82) is 0 Å². The Morgan fingerprint density at radius 1 is 1.56 bits per heavy atom. The van der Waals surface area contributed by atoms with Crippen molar-refractivity contribution in [1.82, 2.24) is 5.32 Å². The maximum Gasteiger partial charge on any atom is 0.310 e. The van der Waals surface area contributed by atoms with Gasteiger partial charge in [-0.25, -0.2) is 4.39 Å². The Kier molecular flexibility index (Phi) is 4.35. The van der Waals surface area contributed by atoms with E-state index in [9.17, 15) is 9.18 Å². The van der Waals surface area contributed by atoms with Crippen molar-refractivity contribution >= 4 is 21.9 Å². The molecule has 1 heterocycles. The molecule has 0 saturated carbocycles. The highest BCUT2D eigenvalue weighted by molar-refractivity contribution is 9.10. The molecule has 0 aliphatic carbocycles. The molecule has 1 aliphatic rings.